The lowest BCUT2D eigenvalue weighted by Gasteiger charge is -2.10. The Morgan fingerprint density at radius 3 is 3.08 bits per heavy atom. The second kappa shape index (κ2) is 6.91. The Morgan fingerprint density at radius 2 is 2.33 bits per heavy atom. The first-order valence-corrected chi connectivity index (χ1v) is 7.72. The van der Waals surface area contributed by atoms with E-state index in [0.717, 1.165) is 23.6 Å². The summed E-state index contributed by atoms with van der Waals surface area (Å²) in [5, 5.41) is 17.0. The molecule has 3 heterocycles. The number of nitrogens with two attached hydrogens (primary N) is 1. The summed E-state index contributed by atoms with van der Waals surface area (Å²) in [4.78, 5) is 7.86. The summed E-state index contributed by atoms with van der Waals surface area (Å²) in [6, 6.07) is 5.69. The van der Waals surface area contributed by atoms with Crippen LogP contribution in [0, 0.1) is 5.41 Å². The van der Waals surface area contributed by atoms with Gasteiger partial charge in [0.05, 0.1) is 17.9 Å². The SMILES string of the molecule is CN/C=C(\C=N)c1ccc(N)c(NCc2cc3c([nH]2)NCC=C3)n1. The maximum Gasteiger partial charge on any atom is 0.150 e. The number of rotatable bonds is 6. The molecule has 0 bridgehead atoms. The summed E-state index contributed by atoms with van der Waals surface area (Å²) in [6.07, 6.45) is 7.17. The van der Waals surface area contributed by atoms with Crippen molar-refractivity contribution in [2.24, 2.45) is 0 Å². The molecule has 0 aromatic carbocycles. The molecule has 124 valence electrons. The summed E-state index contributed by atoms with van der Waals surface area (Å²) in [6.45, 7) is 1.42. The quantitative estimate of drug-likeness (QED) is 0.456. The van der Waals surface area contributed by atoms with Crippen molar-refractivity contribution < 1.29 is 0 Å². The third-order valence-corrected chi connectivity index (χ3v) is 3.72. The van der Waals surface area contributed by atoms with E-state index in [1.165, 1.54) is 6.21 Å². The molecule has 7 N–H and O–H groups in total. The van der Waals surface area contributed by atoms with Gasteiger partial charge in [-0.3, -0.25) is 0 Å². The van der Waals surface area contributed by atoms with Gasteiger partial charge < -0.3 is 32.1 Å². The van der Waals surface area contributed by atoms with Crippen molar-refractivity contribution in [2.45, 2.75) is 6.54 Å². The average molecular weight is 323 g/mol. The number of hydrogen-bond donors (Lipinski definition) is 6. The van der Waals surface area contributed by atoms with Gasteiger partial charge in [-0.2, -0.15) is 0 Å². The molecule has 7 nitrogen and oxygen atoms in total. The van der Waals surface area contributed by atoms with E-state index in [4.69, 9.17) is 11.1 Å². The maximum absolute atomic E-state index is 7.49. The van der Waals surface area contributed by atoms with Crippen LogP contribution in [0.15, 0.2) is 30.5 Å². The molecule has 3 rings (SSSR count). The van der Waals surface area contributed by atoms with E-state index >= 15 is 0 Å². The van der Waals surface area contributed by atoms with Crippen molar-refractivity contribution in [3.63, 3.8) is 0 Å². The summed E-state index contributed by atoms with van der Waals surface area (Å²) >= 11 is 0. The maximum atomic E-state index is 7.49. The first-order valence-electron chi connectivity index (χ1n) is 7.72. The highest BCUT2D eigenvalue weighted by molar-refractivity contribution is 6.07. The van der Waals surface area contributed by atoms with Gasteiger partial charge in [-0.25, -0.2) is 4.98 Å². The van der Waals surface area contributed by atoms with E-state index in [0.29, 0.717) is 29.3 Å². The zero-order chi connectivity index (χ0) is 16.9. The van der Waals surface area contributed by atoms with Crippen LogP contribution in [0.5, 0.6) is 0 Å². The number of H-pyrrole nitrogens is 1. The fraction of sp³-hybridized carbons (Fsp3) is 0.176. The molecular formula is C17H21N7. The molecule has 0 unspecified atom stereocenters. The number of anilines is 3. The van der Waals surface area contributed by atoms with E-state index in [2.05, 4.69) is 44.1 Å². The Labute approximate surface area is 140 Å². The molecule has 0 atom stereocenters. The number of fused-ring (bicyclic) bond motifs is 1. The van der Waals surface area contributed by atoms with Crippen LogP contribution in [-0.2, 0) is 6.54 Å². The molecule has 0 saturated heterocycles. The minimum Gasteiger partial charge on any atom is -0.396 e. The van der Waals surface area contributed by atoms with Crippen molar-refractivity contribution in [2.75, 3.05) is 30.0 Å². The normalized spacial score (nSPS) is 13.1. The van der Waals surface area contributed by atoms with E-state index in [1.54, 1.807) is 25.4 Å². The predicted octanol–water partition coefficient (Wildman–Crippen LogP) is 2.25. The lowest BCUT2D eigenvalue weighted by molar-refractivity contribution is 1.05. The van der Waals surface area contributed by atoms with Gasteiger partial charge in [0.1, 0.15) is 11.6 Å². The molecule has 0 saturated carbocycles. The molecule has 7 heteroatoms. The Balaban J connectivity index is 1.77. The Bertz CT molecular complexity index is 801. The van der Waals surface area contributed by atoms with Crippen molar-refractivity contribution in [1.82, 2.24) is 15.3 Å². The highest BCUT2D eigenvalue weighted by Crippen LogP contribution is 2.23. The minimum atomic E-state index is 0.571. The summed E-state index contributed by atoms with van der Waals surface area (Å²) < 4.78 is 0. The molecule has 2 aromatic heterocycles. The van der Waals surface area contributed by atoms with Gasteiger partial charge >= 0.3 is 0 Å². The number of nitrogens with one attached hydrogen (secondary N) is 5. The fourth-order valence-electron chi connectivity index (χ4n) is 2.54. The van der Waals surface area contributed by atoms with Gasteiger partial charge in [-0.15, -0.1) is 0 Å². The molecule has 0 fully saturated rings. The molecule has 1 aliphatic rings. The molecule has 0 spiro atoms. The number of hydrogen-bond acceptors (Lipinski definition) is 6. The monoisotopic (exact) mass is 323 g/mol. The first-order chi connectivity index (χ1) is 11.7. The van der Waals surface area contributed by atoms with Crippen LogP contribution in [0.3, 0.4) is 0 Å². The zero-order valence-electron chi connectivity index (χ0n) is 13.5. The molecule has 2 aromatic rings. The van der Waals surface area contributed by atoms with E-state index in [9.17, 15) is 0 Å². The topological polar surface area (TPSA) is 115 Å². The van der Waals surface area contributed by atoms with Crippen LogP contribution < -0.4 is 21.7 Å². The summed E-state index contributed by atoms with van der Waals surface area (Å²) in [7, 11) is 1.79. The average Bonchev–Trinajstić information content (AvgIpc) is 3.02. The Hall–Kier alpha value is -3.22. The fourth-order valence-corrected chi connectivity index (χ4v) is 2.54. The second-order valence-electron chi connectivity index (χ2n) is 5.43. The molecule has 0 amide bonds. The van der Waals surface area contributed by atoms with Crippen molar-refractivity contribution >= 4 is 35.2 Å². The number of nitrogens with zero attached hydrogens (tertiary/aromatic N) is 1. The number of pyridine rings is 1. The third kappa shape index (κ3) is 3.24. The Kier molecular flexibility index (Phi) is 4.51. The van der Waals surface area contributed by atoms with Gasteiger partial charge in [0.15, 0.2) is 0 Å². The standard InChI is InChI=1S/C17H21N7/c1-20-9-12(8-18)15-5-4-14(19)17(24-15)22-10-13-7-11-3-2-6-21-16(11)23-13/h2-5,7-9,18,20-21,23H,6,10,19H2,1H3,(H,22,24)/b12-9+,18-8?. The largest absolute Gasteiger partial charge is 0.396 e. The first kappa shape index (κ1) is 15.7. The second-order valence-corrected chi connectivity index (χ2v) is 5.43. The lowest BCUT2D eigenvalue weighted by atomic mass is 10.2. The third-order valence-electron chi connectivity index (χ3n) is 3.72. The zero-order valence-corrected chi connectivity index (χ0v) is 13.5. The lowest BCUT2D eigenvalue weighted by Crippen LogP contribution is -2.07. The predicted molar refractivity (Wildman–Crippen MR) is 100 cm³/mol. The number of allylic oxidation sites excluding steroid dienone is 1. The highest BCUT2D eigenvalue weighted by Gasteiger charge is 2.10. The van der Waals surface area contributed by atoms with Crippen LogP contribution in [0.1, 0.15) is 17.0 Å². The summed E-state index contributed by atoms with van der Waals surface area (Å²) in [5.74, 6) is 1.64. The highest BCUT2D eigenvalue weighted by atomic mass is 15.0. The number of aromatic nitrogens is 2. The molecule has 0 radical (unpaired) electrons. The number of aromatic amines is 1. The van der Waals surface area contributed by atoms with Crippen LogP contribution >= 0.6 is 0 Å². The minimum absolute atomic E-state index is 0.571. The molecular weight excluding hydrogens is 302 g/mol. The summed E-state index contributed by atoms with van der Waals surface area (Å²) in [5.41, 5.74) is 10.2. The van der Waals surface area contributed by atoms with Crippen LogP contribution in [0.2, 0.25) is 0 Å². The van der Waals surface area contributed by atoms with Gasteiger partial charge in [0, 0.05) is 42.8 Å². The van der Waals surface area contributed by atoms with E-state index < -0.39 is 0 Å². The molecule has 24 heavy (non-hydrogen) atoms. The van der Waals surface area contributed by atoms with Gasteiger partial charge in [0.2, 0.25) is 0 Å². The van der Waals surface area contributed by atoms with Gasteiger partial charge in [-0.1, -0.05) is 12.2 Å². The van der Waals surface area contributed by atoms with Crippen molar-refractivity contribution in [3.05, 3.63) is 47.4 Å². The number of nitrogen functional groups attached to an aromatic ring is 1. The Morgan fingerprint density at radius 1 is 1.46 bits per heavy atom. The van der Waals surface area contributed by atoms with E-state index in [1.807, 2.05) is 0 Å². The molecule has 0 aliphatic carbocycles. The molecule has 1 aliphatic heterocycles. The van der Waals surface area contributed by atoms with Crippen molar-refractivity contribution in [3.8, 4) is 0 Å². The van der Waals surface area contributed by atoms with E-state index in [-0.39, 0.29) is 0 Å². The van der Waals surface area contributed by atoms with Crippen LogP contribution in [0.4, 0.5) is 17.3 Å². The van der Waals surface area contributed by atoms with Crippen LogP contribution in [0.25, 0.3) is 11.6 Å². The van der Waals surface area contributed by atoms with Gasteiger partial charge in [-0.05, 0) is 18.2 Å². The van der Waals surface area contributed by atoms with Crippen LogP contribution in [-0.4, -0.2) is 29.8 Å². The smallest absolute Gasteiger partial charge is 0.150 e. The van der Waals surface area contributed by atoms with Gasteiger partial charge in [0.25, 0.3) is 0 Å². The van der Waals surface area contributed by atoms with Crippen molar-refractivity contribution in [1.29, 1.82) is 5.41 Å².